The average molecular weight is 318 g/mol. The van der Waals surface area contributed by atoms with Gasteiger partial charge < -0.3 is 15.0 Å². The van der Waals surface area contributed by atoms with Crippen LogP contribution in [0, 0.1) is 5.92 Å². The molecular formula is C18H26N2O3. The van der Waals surface area contributed by atoms with E-state index < -0.39 is 0 Å². The Morgan fingerprint density at radius 3 is 2.70 bits per heavy atom. The Kier molecular flexibility index (Phi) is 5.64. The highest BCUT2D eigenvalue weighted by Crippen LogP contribution is 2.34. The number of methoxy groups -OCH3 is 1. The molecule has 0 radical (unpaired) electrons. The first-order valence-corrected chi connectivity index (χ1v) is 8.18. The second kappa shape index (κ2) is 7.49. The van der Waals surface area contributed by atoms with Crippen molar-refractivity contribution >= 4 is 11.8 Å². The molecule has 1 aliphatic heterocycles. The van der Waals surface area contributed by atoms with E-state index in [-0.39, 0.29) is 29.7 Å². The Balaban J connectivity index is 2.27. The molecule has 1 saturated heterocycles. The van der Waals surface area contributed by atoms with Gasteiger partial charge in [0.1, 0.15) is 5.75 Å². The number of nitrogens with zero attached hydrogens (tertiary/aromatic N) is 1. The van der Waals surface area contributed by atoms with Crippen molar-refractivity contribution in [2.24, 2.45) is 5.92 Å². The quantitative estimate of drug-likeness (QED) is 0.905. The summed E-state index contributed by atoms with van der Waals surface area (Å²) in [5.41, 5.74) is 1.04. The summed E-state index contributed by atoms with van der Waals surface area (Å²) in [5, 5.41) is 2.98. The molecule has 1 aromatic carbocycles. The highest BCUT2D eigenvalue weighted by Gasteiger charge is 2.40. The molecule has 1 aliphatic rings. The third-order valence-corrected chi connectivity index (χ3v) is 4.26. The van der Waals surface area contributed by atoms with Crippen molar-refractivity contribution < 1.29 is 14.3 Å². The van der Waals surface area contributed by atoms with Gasteiger partial charge in [-0.15, -0.1) is 0 Å². The van der Waals surface area contributed by atoms with Gasteiger partial charge in [-0.1, -0.05) is 19.1 Å². The Morgan fingerprint density at radius 2 is 2.09 bits per heavy atom. The summed E-state index contributed by atoms with van der Waals surface area (Å²) in [5.74, 6) is 0.655. The van der Waals surface area contributed by atoms with Crippen molar-refractivity contribution in [3.63, 3.8) is 0 Å². The van der Waals surface area contributed by atoms with E-state index in [2.05, 4.69) is 5.32 Å². The summed E-state index contributed by atoms with van der Waals surface area (Å²) in [6.07, 6.45) is 0.462. The highest BCUT2D eigenvalue weighted by molar-refractivity contribution is 5.83. The van der Waals surface area contributed by atoms with Crippen LogP contribution in [-0.4, -0.2) is 43.0 Å². The number of likely N-dealkylation sites (tertiary alicyclic amines) is 1. The zero-order chi connectivity index (χ0) is 17.0. The summed E-state index contributed by atoms with van der Waals surface area (Å²) >= 11 is 0. The number of carbonyl (C=O) groups excluding carboxylic acids is 2. The predicted molar refractivity (Wildman–Crippen MR) is 89.4 cm³/mol. The molecule has 0 spiro atoms. The fraction of sp³-hybridized carbons (Fsp3) is 0.556. The van der Waals surface area contributed by atoms with Crippen LogP contribution in [0.25, 0.3) is 0 Å². The maximum absolute atomic E-state index is 12.6. The van der Waals surface area contributed by atoms with Gasteiger partial charge in [-0.2, -0.15) is 0 Å². The molecule has 0 saturated carbocycles. The highest BCUT2D eigenvalue weighted by atomic mass is 16.5. The van der Waals surface area contributed by atoms with Gasteiger partial charge in [0.25, 0.3) is 0 Å². The van der Waals surface area contributed by atoms with Gasteiger partial charge in [-0.05, 0) is 31.5 Å². The molecule has 126 valence electrons. The summed E-state index contributed by atoms with van der Waals surface area (Å²) in [7, 11) is 1.63. The lowest BCUT2D eigenvalue weighted by molar-refractivity contribution is -0.130. The number of ether oxygens (including phenoxy) is 1. The third-order valence-electron chi connectivity index (χ3n) is 4.26. The van der Waals surface area contributed by atoms with E-state index in [1.54, 1.807) is 12.0 Å². The first-order chi connectivity index (χ1) is 11.0. The van der Waals surface area contributed by atoms with E-state index in [0.717, 1.165) is 11.3 Å². The third kappa shape index (κ3) is 4.03. The van der Waals surface area contributed by atoms with E-state index in [4.69, 9.17) is 4.74 Å². The minimum Gasteiger partial charge on any atom is -0.497 e. The average Bonchev–Trinajstić information content (AvgIpc) is 2.99. The molecular weight excluding hydrogens is 292 g/mol. The number of benzene rings is 1. The van der Waals surface area contributed by atoms with Crippen LogP contribution in [0.5, 0.6) is 5.75 Å². The van der Waals surface area contributed by atoms with Crippen molar-refractivity contribution in [2.45, 2.75) is 39.2 Å². The van der Waals surface area contributed by atoms with Gasteiger partial charge in [-0.25, -0.2) is 0 Å². The molecule has 2 amide bonds. The van der Waals surface area contributed by atoms with E-state index in [0.29, 0.717) is 19.5 Å². The monoisotopic (exact) mass is 318 g/mol. The van der Waals surface area contributed by atoms with Crippen LogP contribution in [0.4, 0.5) is 0 Å². The Bertz CT molecular complexity index is 571. The number of nitrogens with one attached hydrogen (secondary N) is 1. The molecule has 1 aromatic rings. The number of rotatable bonds is 5. The molecule has 0 aromatic heterocycles. The van der Waals surface area contributed by atoms with Gasteiger partial charge in [0, 0.05) is 31.5 Å². The fourth-order valence-electron chi connectivity index (χ4n) is 3.10. The summed E-state index contributed by atoms with van der Waals surface area (Å²) < 4.78 is 5.29. The fourth-order valence-corrected chi connectivity index (χ4v) is 3.10. The van der Waals surface area contributed by atoms with Crippen LogP contribution in [0.3, 0.4) is 0 Å². The topological polar surface area (TPSA) is 58.6 Å². The molecule has 2 rings (SSSR count). The molecule has 2 atom stereocenters. The normalized spacial score (nSPS) is 20.7. The molecule has 0 aliphatic carbocycles. The zero-order valence-electron chi connectivity index (χ0n) is 14.3. The van der Waals surface area contributed by atoms with Crippen LogP contribution in [-0.2, 0) is 9.59 Å². The van der Waals surface area contributed by atoms with E-state index in [9.17, 15) is 9.59 Å². The molecule has 2 unspecified atom stereocenters. The van der Waals surface area contributed by atoms with Crippen molar-refractivity contribution in [3.8, 4) is 5.75 Å². The maximum atomic E-state index is 12.6. The van der Waals surface area contributed by atoms with Crippen LogP contribution in [0.2, 0.25) is 0 Å². The minimum atomic E-state index is -0.222. The van der Waals surface area contributed by atoms with Gasteiger partial charge >= 0.3 is 0 Å². The van der Waals surface area contributed by atoms with E-state index in [1.165, 1.54) is 0 Å². The molecule has 0 bridgehead atoms. The molecule has 1 N–H and O–H groups in total. The van der Waals surface area contributed by atoms with Crippen LogP contribution in [0.15, 0.2) is 24.3 Å². The predicted octanol–water partition coefficient (Wildman–Crippen LogP) is 2.17. The van der Waals surface area contributed by atoms with Gasteiger partial charge in [0.2, 0.25) is 11.8 Å². The lowest BCUT2D eigenvalue weighted by atomic mass is 9.88. The Morgan fingerprint density at radius 1 is 1.35 bits per heavy atom. The van der Waals surface area contributed by atoms with Crippen LogP contribution in [0.1, 0.15) is 38.7 Å². The molecule has 23 heavy (non-hydrogen) atoms. The SMILES string of the molecule is CCC(=O)N1CC(C(=O)NC(C)C)C(c2cccc(OC)c2)C1. The number of hydrogen-bond acceptors (Lipinski definition) is 3. The van der Waals surface area contributed by atoms with Crippen LogP contribution < -0.4 is 10.1 Å². The van der Waals surface area contributed by atoms with Gasteiger partial charge in [0.05, 0.1) is 13.0 Å². The lowest BCUT2D eigenvalue weighted by Crippen LogP contribution is -2.38. The summed E-state index contributed by atoms with van der Waals surface area (Å²) in [6, 6.07) is 7.86. The zero-order valence-corrected chi connectivity index (χ0v) is 14.3. The first kappa shape index (κ1) is 17.3. The molecule has 1 fully saturated rings. The molecule has 5 nitrogen and oxygen atoms in total. The number of hydrogen-bond donors (Lipinski definition) is 1. The van der Waals surface area contributed by atoms with Crippen LogP contribution >= 0.6 is 0 Å². The molecule has 1 heterocycles. The summed E-state index contributed by atoms with van der Waals surface area (Å²) in [4.78, 5) is 26.4. The Hall–Kier alpha value is -2.04. The smallest absolute Gasteiger partial charge is 0.225 e. The Labute approximate surface area is 138 Å². The van der Waals surface area contributed by atoms with Crippen molar-refractivity contribution in [1.29, 1.82) is 0 Å². The summed E-state index contributed by atoms with van der Waals surface area (Å²) in [6.45, 7) is 6.80. The van der Waals surface area contributed by atoms with Crippen molar-refractivity contribution in [1.82, 2.24) is 10.2 Å². The standard InChI is InChI=1S/C18H26N2O3/c1-5-17(21)20-10-15(13-7-6-8-14(9-13)23-4)16(11-20)18(22)19-12(2)3/h6-9,12,15-16H,5,10-11H2,1-4H3,(H,19,22). The van der Waals surface area contributed by atoms with Gasteiger partial charge in [0.15, 0.2) is 0 Å². The first-order valence-electron chi connectivity index (χ1n) is 8.18. The molecule has 5 heteroatoms. The lowest BCUT2D eigenvalue weighted by Gasteiger charge is -2.20. The van der Waals surface area contributed by atoms with E-state index in [1.807, 2.05) is 45.0 Å². The van der Waals surface area contributed by atoms with Crippen molar-refractivity contribution in [3.05, 3.63) is 29.8 Å². The van der Waals surface area contributed by atoms with Crippen molar-refractivity contribution in [2.75, 3.05) is 20.2 Å². The second-order valence-electron chi connectivity index (χ2n) is 6.31. The minimum absolute atomic E-state index is 0.000602. The van der Waals surface area contributed by atoms with Gasteiger partial charge in [-0.3, -0.25) is 9.59 Å². The second-order valence-corrected chi connectivity index (χ2v) is 6.31. The maximum Gasteiger partial charge on any atom is 0.225 e. The van der Waals surface area contributed by atoms with E-state index >= 15 is 0 Å². The number of amides is 2. The largest absolute Gasteiger partial charge is 0.497 e. The number of carbonyl (C=O) groups is 2.